The number of sulfone groups is 1. The van der Waals surface area contributed by atoms with Crippen molar-refractivity contribution >= 4 is 21.5 Å². The Balaban J connectivity index is 2.08. The molecule has 1 aliphatic heterocycles. The molecule has 0 atom stereocenters. The van der Waals surface area contributed by atoms with E-state index in [0.29, 0.717) is 19.5 Å². The lowest BCUT2D eigenvalue weighted by Crippen LogP contribution is -2.38. The van der Waals surface area contributed by atoms with Gasteiger partial charge in [-0.25, -0.2) is 8.42 Å². The number of carbonyl (C=O) groups excluding carboxylic acids is 2. The summed E-state index contributed by atoms with van der Waals surface area (Å²) in [6.45, 7) is 0.849. The molecule has 0 aromatic heterocycles. The summed E-state index contributed by atoms with van der Waals surface area (Å²) >= 11 is 0. The minimum atomic E-state index is -3.20. The minimum absolute atomic E-state index is 0.0197. The predicted octanol–water partition coefficient (Wildman–Crippen LogP) is 0.782. The smallest absolute Gasteiger partial charge is 0.230 e. The zero-order chi connectivity index (χ0) is 14.0. The van der Waals surface area contributed by atoms with Crippen LogP contribution < -0.4 is 0 Å². The lowest BCUT2D eigenvalue weighted by atomic mass is 10.1. The van der Waals surface area contributed by atoms with E-state index in [-0.39, 0.29) is 23.0 Å². The Morgan fingerprint density at radius 3 is 2.32 bits per heavy atom. The van der Waals surface area contributed by atoms with Crippen LogP contribution in [-0.2, 0) is 26.0 Å². The lowest BCUT2D eigenvalue weighted by molar-refractivity contribution is -0.139. The van der Waals surface area contributed by atoms with Crippen molar-refractivity contribution in [2.75, 3.05) is 12.8 Å². The normalized spacial score (nSPS) is 16.8. The summed E-state index contributed by atoms with van der Waals surface area (Å²) in [4.78, 5) is 24.6. The van der Waals surface area contributed by atoms with Crippen molar-refractivity contribution in [1.29, 1.82) is 0 Å². The number of likely N-dealkylation sites (tertiary alicyclic amines) is 1. The quantitative estimate of drug-likeness (QED) is 0.768. The molecule has 0 radical (unpaired) electrons. The van der Waals surface area contributed by atoms with E-state index >= 15 is 0 Å². The monoisotopic (exact) mass is 281 g/mol. The minimum Gasteiger partial charge on any atom is -0.338 e. The second kappa shape index (κ2) is 5.13. The summed E-state index contributed by atoms with van der Waals surface area (Å²) in [5, 5.41) is 0. The Morgan fingerprint density at radius 2 is 1.79 bits per heavy atom. The summed E-state index contributed by atoms with van der Waals surface area (Å²) in [5.74, 6) is -0.183. The Hall–Kier alpha value is -1.69. The molecule has 0 aliphatic carbocycles. The van der Waals surface area contributed by atoms with Gasteiger partial charge in [-0.2, -0.15) is 0 Å². The van der Waals surface area contributed by atoms with Gasteiger partial charge in [0, 0.05) is 25.8 Å². The van der Waals surface area contributed by atoms with E-state index in [2.05, 4.69) is 0 Å². The molecule has 0 saturated carbocycles. The van der Waals surface area contributed by atoms with Crippen molar-refractivity contribution < 1.29 is 18.0 Å². The number of ketones is 1. The van der Waals surface area contributed by atoms with Crippen molar-refractivity contribution in [3.63, 3.8) is 0 Å². The molecular weight excluding hydrogens is 266 g/mol. The number of benzene rings is 1. The Kier molecular flexibility index (Phi) is 3.71. The largest absolute Gasteiger partial charge is 0.338 e. The number of piperidine rings is 1. The molecule has 6 heteroatoms. The third-order valence-corrected chi connectivity index (χ3v) is 4.22. The van der Waals surface area contributed by atoms with Gasteiger partial charge >= 0.3 is 0 Å². The van der Waals surface area contributed by atoms with E-state index in [1.807, 2.05) is 0 Å². The summed E-state index contributed by atoms with van der Waals surface area (Å²) in [5.41, 5.74) is 0.857. The molecule has 0 N–H and O–H groups in total. The molecule has 5 nitrogen and oxygen atoms in total. The first-order valence-electron chi connectivity index (χ1n) is 5.95. The summed E-state index contributed by atoms with van der Waals surface area (Å²) in [6.07, 6.45) is 1.52. The van der Waals surface area contributed by atoms with E-state index in [4.69, 9.17) is 0 Å². The first kappa shape index (κ1) is 13.7. The maximum atomic E-state index is 11.6. The van der Waals surface area contributed by atoms with Gasteiger partial charge in [-0.3, -0.25) is 9.59 Å². The van der Waals surface area contributed by atoms with Crippen LogP contribution in [0.1, 0.15) is 18.4 Å². The third kappa shape index (κ3) is 3.41. The number of hydrogen-bond acceptors (Lipinski definition) is 4. The molecule has 1 aromatic carbocycles. The average molecular weight is 281 g/mol. The van der Waals surface area contributed by atoms with Crippen LogP contribution in [0.2, 0.25) is 0 Å². The van der Waals surface area contributed by atoms with Crippen LogP contribution in [0.25, 0.3) is 0 Å². The molecule has 2 rings (SSSR count). The molecule has 1 aliphatic rings. The molecule has 0 bridgehead atoms. The summed E-state index contributed by atoms with van der Waals surface area (Å²) in [7, 11) is -3.20. The van der Waals surface area contributed by atoms with Crippen LogP contribution in [0, 0.1) is 0 Å². The fourth-order valence-corrected chi connectivity index (χ4v) is 2.61. The van der Waals surface area contributed by atoms with Gasteiger partial charge in [0.15, 0.2) is 9.84 Å². The fraction of sp³-hybridized carbons (Fsp3) is 0.385. The van der Waals surface area contributed by atoms with Crippen molar-refractivity contribution in [2.45, 2.75) is 24.3 Å². The zero-order valence-corrected chi connectivity index (χ0v) is 11.4. The fourth-order valence-electron chi connectivity index (χ4n) is 1.98. The van der Waals surface area contributed by atoms with Crippen molar-refractivity contribution in [1.82, 2.24) is 4.90 Å². The zero-order valence-electron chi connectivity index (χ0n) is 10.6. The average Bonchev–Trinajstić information content (AvgIpc) is 2.32. The topological polar surface area (TPSA) is 71.5 Å². The lowest BCUT2D eigenvalue weighted by Gasteiger charge is -2.26. The molecule has 102 valence electrons. The molecule has 1 fully saturated rings. The molecule has 1 aromatic rings. The number of nitrogens with zero attached hydrogens (tertiary/aromatic N) is 1. The molecule has 1 amide bonds. The maximum absolute atomic E-state index is 11.6. The van der Waals surface area contributed by atoms with Gasteiger partial charge in [-0.05, 0) is 17.7 Å². The Bertz CT molecular complexity index is 604. The van der Waals surface area contributed by atoms with Gasteiger partial charge in [-0.15, -0.1) is 0 Å². The van der Waals surface area contributed by atoms with Gasteiger partial charge in [0.05, 0.1) is 11.3 Å². The molecule has 0 unspecified atom stereocenters. The molecule has 0 spiro atoms. The molecule has 19 heavy (non-hydrogen) atoms. The Labute approximate surface area is 112 Å². The number of carbonyl (C=O) groups is 2. The van der Waals surface area contributed by atoms with Crippen molar-refractivity contribution in [3.05, 3.63) is 29.8 Å². The third-order valence-electron chi connectivity index (χ3n) is 3.09. The Morgan fingerprint density at radius 1 is 1.16 bits per heavy atom. The highest BCUT2D eigenvalue weighted by Crippen LogP contribution is 2.15. The van der Waals surface area contributed by atoms with Crippen LogP contribution in [0.3, 0.4) is 0 Å². The van der Waals surface area contributed by atoms with Crippen LogP contribution in [0.5, 0.6) is 0 Å². The highest BCUT2D eigenvalue weighted by atomic mass is 32.2. The van der Waals surface area contributed by atoms with E-state index < -0.39 is 9.84 Å². The van der Waals surface area contributed by atoms with Crippen LogP contribution in [0.4, 0.5) is 0 Å². The van der Waals surface area contributed by atoms with Gasteiger partial charge in [0.25, 0.3) is 0 Å². The van der Waals surface area contributed by atoms with E-state index in [1.165, 1.54) is 12.1 Å². The highest BCUT2D eigenvalue weighted by molar-refractivity contribution is 7.90. The van der Waals surface area contributed by atoms with Crippen LogP contribution in [-0.4, -0.2) is 37.8 Å². The highest BCUT2D eigenvalue weighted by Gasteiger charge is 2.23. The first-order valence-corrected chi connectivity index (χ1v) is 7.84. The van der Waals surface area contributed by atoms with E-state index in [9.17, 15) is 18.0 Å². The van der Waals surface area contributed by atoms with Crippen molar-refractivity contribution in [3.8, 4) is 0 Å². The second-order valence-corrected chi connectivity index (χ2v) is 6.71. The molecule has 1 saturated heterocycles. The number of rotatable bonds is 3. The van der Waals surface area contributed by atoms with Crippen LogP contribution in [0.15, 0.2) is 29.2 Å². The standard InChI is InChI=1S/C13H15NO4S/c1-19(17,18)12-4-2-10(3-5-12)9-14-7-6-11(15)8-13(14)16/h2-5H,6-9H2,1H3. The summed E-state index contributed by atoms with van der Waals surface area (Å²) < 4.78 is 22.6. The number of Topliss-reactive ketones (excluding diaryl/α,β-unsaturated/α-hetero) is 1. The van der Waals surface area contributed by atoms with Crippen LogP contribution >= 0.6 is 0 Å². The second-order valence-electron chi connectivity index (χ2n) is 4.70. The van der Waals surface area contributed by atoms with Gasteiger partial charge in [0.1, 0.15) is 5.78 Å². The predicted molar refractivity (Wildman–Crippen MR) is 69.2 cm³/mol. The van der Waals surface area contributed by atoms with E-state index in [0.717, 1.165) is 11.8 Å². The van der Waals surface area contributed by atoms with Crippen molar-refractivity contribution in [2.24, 2.45) is 0 Å². The molecule has 1 heterocycles. The SMILES string of the molecule is CS(=O)(=O)c1ccc(CN2CCC(=O)CC2=O)cc1. The number of amides is 1. The maximum Gasteiger partial charge on any atom is 0.230 e. The summed E-state index contributed by atoms with van der Waals surface area (Å²) in [6, 6.07) is 6.45. The van der Waals surface area contributed by atoms with E-state index in [1.54, 1.807) is 17.0 Å². The first-order chi connectivity index (χ1) is 8.86. The van der Waals surface area contributed by atoms with Gasteiger partial charge < -0.3 is 4.90 Å². The number of hydrogen-bond donors (Lipinski definition) is 0. The molecular formula is C13H15NO4S. The van der Waals surface area contributed by atoms with Gasteiger partial charge in [0.2, 0.25) is 5.91 Å². The van der Waals surface area contributed by atoms with Gasteiger partial charge in [-0.1, -0.05) is 12.1 Å².